The number of amides is 1. The second kappa shape index (κ2) is 12.5. The monoisotopic (exact) mass is 525 g/mol. The number of piperidine rings is 1. The fourth-order valence-electron chi connectivity index (χ4n) is 6.31. The lowest BCUT2D eigenvalue weighted by Gasteiger charge is -2.43. The molecule has 0 bridgehead atoms. The van der Waals surface area contributed by atoms with Crippen LogP contribution in [0, 0.1) is 0 Å². The highest BCUT2D eigenvalue weighted by atomic mass is 16.4. The van der Waals surface area contributed by atoms with Crippen molar-refractivity contribution in [3.8, 4) is 0 Å². The van der Waals surface area contributed by atoms with Gasteiger partial charge in [0.25, 0.3) is 0 Å². The Balaban J connectivity index is 1.26. The number of carbonyl (C=O) groups is 2. The zero-order valence-corrected chi connectivity index (χ0v) is 22.6. The van der Waals surface area contributed by atoms with E-state index < -0.39 is 11.5 Å². The van der Waals surface area contributed by atoms with E-state index in [2.05, 4.69) is 82.6 Å². The van der Waals surface area contributed by atoms with Crippen molar-refractivity contribution in [3.05, 3.63) is 102 Å². The molecule has 2 heterocycles. The van der Waals surface area contributed by atoms with Crippen LogP contribution in [0.5, 0.6) is 0 Å². The summed E-state index contributed by atoms with van der Waals surface area (Å²) < 4.78 is 0. The predicted molar refractivity (Wildman–Crippen MR) is 155 cm³/mol. The van der Waals surface area contributed by atoms with Crippen LogP contribution < -0.4 is 4.90 Å². The predicted octanol–water partition coefficient (Wildman–Crippen LogP) is 5.60. The average Bonchev–Trinajstić information content (AvgIpc) is 3.24. The molecule has 5 rings (SSSR count). The Kier molecular flexibility index (Phi) is 8.62. The molecule has 3 aromatic carbocycles. The Labute approximate surface area is 231 Å². The van der Waals surface area contributed by atoms with Crippen molar-refractivity contribution in [2.45, 2.75) is 50.0 Å². The molecule has 3 aromatic rings. The highest BCUT2D eigenvalue weighted by Crippen LogP contribution is 2.40. The largest absolute Gasteiger partial charge is 0.481 e. The van der Waals surface area contributed by atoms with Crippen LogP contribution in [0.4, 0.5) is 5.69 Å². The Hall–Kier alpha value is -3.64. The Bertz CT molecular complexity index is 1170. The molecule has 0 radical (unpaired) electrons. The van der Waals surface area contributed by atoms with E-state index in [4.69, 9.17) is 5.11 Å². The lowest BCUT2D eigenvalue weighted by Crippen LogP contribution is -2.56. The molecule has 0 aromatic heterocycles. The minimum absolute atomic E-state index is 0.150. The molecule has 0 unspecified atom stereocenters. The molecule has 2 saturated heterocycles. The van der Waals surface area contributed by atoms with E-state index in [9.17, 15) is 9.59 Å². The molecule has 0 aliphatic carbocycles. The van der Waals surface area contributed by atoms with E-state index in [-0.39, 0.29) is 12.3 Å². The van der Waals surface area contributed by atoms with Crippen LogP contribution in [0.15, 0.2) is 91.0 Å². The van der Waals surface area contributed by atoms with Gasteiger partial charge in [-0.05, 0) is 61.9 Å². The van der Waals surface area contributed by atoms with Gasteiger partial charge in [-0.2, -0.15) is 0 Å². The molecular formula is C33H39N3O3. The summed E-state index contributed by atoms with van der Waals surface area (Å²) in [5.74, 6) is -0.231. The maximum absolute atomic E-state index is 13.9. The molecule has 2 aliphatic rings. The third-order valence-corrected chi connectivity index (χ3v) is 8.47. The lowest BCUT2D eigenvalue weighted by molar-refractivity contribution is -0.137. The van der Waals surface area contributed by atoms with Gasteiger partial charge in [0.1, 0.15) is 5.54 Å². The fourth-order valence-corrected chi connectivity index (χ4v) is 6.31. The first-order chi connectivity index (χ1) is 19.1. The van der Waals surface area contributed by atoms with Gasteiger partial charge in [0.15, 0.2) is 0 Å². The topological polar surface area (TPSA) is 64.1 Å². The van der Waals surface area contributed by atoms with Crippen LogP contribution in [0.25, 0.3) is 0 Å². The van der Waals surface area contributed by atoms with Crippen molar-refractivity contribution in [1.29, 1.82) is 0 Å². The molecule has 1 spiro atoms. The highest BCUT2D eigenvalue weighted by Gasteiger charge is 2.53. The Morgan fingerprint density at radius 1 is 0.795 bits per heavy atom. The van der Waals surface area contributed by atoms with Crippen LogP contribution in [-0.4, -0.2) is 65.2 Å². The van der Waals surface area contributed by atoms with E-state index in [1.807, 2.05) is 23.1 Å². The molecule has 6 nitrogen and oxygen atoms in total. The molecule has 1 N–H and O–H groups in total. The molecule has 39 heavy (non-hydrogen) atoms. The van der Waals surface area contributed by atoms with Crippen LogP contribution in [0.2, 0.25) is 0 Å². The highest BCUT2D eigenvalue weighted by molar-refractivity contribution is 5.93. The van der Waals surface area contributed by atoms with Gasteiger partial charge in [-0.15, -0.1) is 0 Å². The summed E-state index contributed by atoms with van der Waals surface area (Å²) in [5, 5.41) is 8.99. The number of hydrogen-bond acceptors (Lipinski definition) is 4. The van der Waals surface area contributed by atoms with Gasteiger partial charge in [-0.25, -0.2) is 0 Å². The number of benzene rings is 3. The summed E-state index contributed by atoms with van der Waals surface area (Å²) in [4.78, 5) is 31.6. The van der Waals surface area contributed by atoms with Gasteiger partial charge in [-0.3, -0.25) is 9.59 Å². The number of carboxylic acids is 1. The molecule has 0 atom stereocenters. The molecule has 6 heteroatoms. The van der Waals surface area contributed by atoms with Crippen molar-refractivity contribution in [3.63, 3.8) is 0 Å². The quantitative estimate of drug-likeness (QED) is 0.330. The first kappa shape index (κ1) is 26.9. The van der Waals surface area contributed by atoms with Gasteiger partial charge >= 0.3 is 5.97 Å². The summed E-state index contributed by atoms with van der Waals surface area (Å²) in [6.45, 7) is 3.94. The van der Waals surface area contributed by atoms with Crippen LogP contribution in [-0.2, 0) is 9.59 Å². The number of carboxylic acid groups (broad SMARTS) is 1. The van der Waals surface area contributed by atoms with Crippen molar-refractivity contribution in [2.75, 3.05) is 37.7 Å². The van der Waals surface area contributed by atoms with Crippen molar-refractivity contribution < 1.29 is 14.7 Å². The number of aliphatic carboxylic acids is 1. The molecular weight excluding hydrogens is 486 g/mol. The number of nitrogens with zero attached hydrogens (tertiary/aromatic N) is 3. The SMILES string of the molecule is O=C(O)CCCCN1CN(c2ccccc2)C2(CCN(CCC(c3ccccc3)c3ccccc3)CC2)C1=O. The third-order valence-electron chi connectivity index (χ3n) is 8.47. The average molecular weight is 526 g/mol. The number of anilines is 1. The number of hydrogen-bond donors (Lipinski definition) is 1. The summed E-state index contributed by atoms with van der Waals surface area (Å²) in [7, 11) is 0. The van der Waals surface area contributed by atoms with Gasteiger partial charge in [-0.1, -0.05) is 78.9 Å². The second-order valence-corrected chi connectivity index (χ2v) is 10.9. The van der Waals surface area contributed by atoms with E-state index in [1.54, 1.807) is 0 Å². The lowest BCUT2D eigenvalue weighted by atomic mass is 9.84. The van der Waals surface area contributed by atoms with Crippen LogP contribution in [0.1, 0.15) is 55.6 Å². The molecule has 2 fully saturated rings. The molecule has 204 valence electrons. The van der Waals surface area contributed by atoms with Crippen molar-refractivity contribution in [2.24, 2.45) is 0 Å². The number of carbonyl (C=O) groups excluding carboxylic acids is 1. The van der Waals surface area contributed by atoms with E-state index in [0.717, 1.165) is 44.6 Å². The van der Waals surface area contributed by atoms with Crippen LogP contribution >= 0.6 is 0 Å². The van der Waals surface area contributed by atoms with Gasteiger partial charge in [0, 0.05) is 37.7 Å². The Morgan fingerprint density at radius 3 is 1.92 bits per heavy atom. The second-order valence-electron chi connectivity index (χ2n) is 10.9. The van der Waals surface area contributed by atoms with Crippen molar-refractivity contribution >= 4 is 17.6 Å². The molecule has 2 aliphatic heterocycles. The number of likely N-dealkylation sites (tertiary alicyclic amines) is 1. The third kappa shape index (κ3) is 6.17. The number of rotatable bonds is 11. The molecule has 0 saturated carbocycles. The normalized spacial score (nSPS) is 17.3. The Morgan fingerprint density at radius 2 is 1.36 bits per heavy atom. The van der Waals surface area contributed by atoms with Crippen LogP contribution in [0.3, 0.4) is 0 Å². The minimum atomic E-state index is -0.778. The zero-order valence-electron chi connectivity index (χ0n) is 22.6. The fraction of sp³-hybridized carbons (Fsp3) is 0.394. The van der Waals surface area contributed by atoms with E-state index >= 15 is 0 Å². The zero-order chi connectivity index (χ0) is 27.1. The summed E-state index contributed by atoms with van der Waals surface area (Å²) >= 11 is 0. The number of unbranched alkanes of at least 4 members (excludes halogenated alkanes) is 1. The standard InChI is InChI=1S/C33H39N3O3/c37-31(38)18-10-11-22-35-26-36(29-16-8-3-9-17-29)33(32(35)39)20-24-34(25-21-33)23-19-30(27-12-4-1-5-13-27)28-14-6-2-7-15-28/h1-9,12-17,30H,10-11,18-26H2,(H,37,38). The first-order valence-corrected chi connectivity index (χ1v) is 14.2. The maximum Gasteiger partial charge on any atom is 0.303 e. The van der Waals surface area contributed by atoms with Gasteiger partial charge < -0.3 is 19.8 Å². The van der Waals surface area contributed by atoms with Gasteiger partial charge in [0.05, 0.1) is 6.67 Å². The minimum Gasteiger partial charge on any atom is -0.481 e. The smallest absolute Gasteiger partial charge is 0.303 e. The number of para-hydroxylation sites is 1. The summed E-state index contributed by atoms with van der Waals surface area (Å²) in [5.41, 5.74) is 3.25. The first-order valence-electron chi connectivity index (χ1n) is 14.2. The maximum atomic E-state index is 13.9. The summed E-state index contributed by atoms with van der Waals surface area (Å²) in [6.07, 6.45) is 4.09. The van der Waals surface area contributed by atoms with E-state index in [1.165, 1.54) is 11.1 Å². The van der Waals surface area contributed by atoms with Gasteiger partial charge in [0.2, 0.25) is 5.91 Å². The van der Waals surface area contributed by atoms with Crippen molar-refractivity contribution in [1.82, 2.24) is 9.80 Å². The van der Waals surface area contributed by atoms with E-state index in [0.29, 0.717) is 32.0 Å². The molecule has 1 amide bonds. The summed E-state index contributed by atoms with van der Waals surface area (Å²) in [6, 6.07) is 31.8.